The van der Waals surface area contributed by atoms with Crippen LogP contribution in [0.3, 0.4) is 0 Å². The highest BCUT2D eigenvalue weighted by Crippen LogP contribution is 2.18. The fourth-order valence-electron chi connectivity index (χ4n) is 8.95. The molecule has 0 spiro atoms. The zero-order chi connectivity index (χ0) is 57.9. The number of nitrogens with zero attached hydrogens (tertiary/aromatic N) is 3. The third-order valence-electron chi connectivity index (χ3n) is 13.4. The first-order chi connectivity index (χ1) is 37.3. The van der Waals surface area contributed by atoms with Crippen LogP contribution in [0, 0.1) is 0 Å². The summed E-state index contributed by atoms with van der Waals surface area (Å²) in [6, 6.07) is -1.05. The van der Waals surface area contributed by atoms with Crippen LogP contribution in [-0.2, 0) is 38.2 Å². The summed E-state index contributed by atoms with van der Waals surface area (Å²) in [6.07, 6.45) is 32.0. The molecule has 78 heavy (non-hydrogen) atoms. The van der Waals surface area contributed by atoms with E-state index in [4.69, 9.17) is 23.8 Å². The van der Waals surface area contributed by atoms with Crippen LogP contribution in [0.1, 0.15) is 274 Å². The summed E-state index contributed by atoms with van der Waals surface area (Å²) in [5.74, 6) is -1.64. The smallest absolute Gasteiger partial charge is 0.444 e. The summed E-state index contributed by atoms with van der Waals surface area (Å²) in [7, 11) is 0. The number of hydrogen-bond acceptors (Lipinski definition) is 12. The standard InChI is InChI=1S/C61H111N5O12/c1-10-13-16-18-20-22-24-26-28-30-32-34-36-41-52(75-56(70)62-45-40-49-65(58(72)77-61(7,8)9)48-39-38-47-64(46-15-12-3)57(71)76-60(4,5)6)51(50-74-59(73)78-66-54(68)43-44-55(66)69)63-53(67)42-37-35-33-31-29-27-25-23-21-19-17-14-11-2/h36,41,51-52H,10-35,37-40,42-50H2,1-9H3,(H,62,70)(H,63,67)/b41-36+/t51-,52+/m0/s1. The Bertz CT molecular complexity index is 1660. The van der Waals surface area contributed by atoms with Crippen molar-refractivity contribution in [1.29, 1.82) is 0 Å². The first-order valence-corrected chi connectivity index (χ1v) is 30.9. The van der Waals surface area contributed by atoms with Crippen LogP contribution in [0.2, 0.25) is 0 Å². The van der Waals surface area contributed by atoms with E-state index < -0.39 is 60.1 Å². The topological polar surface area (TPSA) is 199 Å². The van der Waals surface area contributed by atoms with Gasteiger partial charge in [0.1, 0.15) is 30.0 Å². The molecule has 6 amide bonds. The largest absolute Gasteiger partial charge is 0.534 e. The molecule has 2 N–H and O–H groups in total. The van der Waals surface area contributed by atoms with Gasteiger partial charge in [0.15, 0.2) is 0 Å². The fraction of sp³-hybridized carbons (Fsp3) is 0.852. The summed E-state index contributed by atoms with van der Waals surface area (Å²) in [5.41, 5.74) is -1.35. The second-order valence-electron chi connectivity index (χ2n) is 23.3. The Hall–Kier alpha value is -4.57. The molecular weight excluding hydrogens is 995 g/mol. The van der Waals surface area contributed by atoms with Crippen LogP contribution in [0.4, 0.5) is 19.2 Å². The number of allylic oxidation sites excluding steroid dienone is 1. The summed E-state index contributed by atoms with van der Waals surface area (Å²) in [5, 5.41) is 6.11. The summed E-state index contributed by atoms with van der Waals surface area (Å²) < 4.78 is 22.8. The molecule has 1 fully saturated rings. The third-order valence-corrected chi connectivity index (χ3v) is 13.4. The van der Waals surface area contributed by atoms with E-state index in [0.29, 0.717) is 56.8 Å². The van der Waals surface area contributed by atoms with E-state index in [2.05, 4.69) is 31.4 Å². The second-order valence-corrected chi connectivity index (χ2v) is 23.3. The molecule has 452 valence electrons. The molecule has 0 aromatic carbocycles. The first kappa shape index (κ1) is 71.4. The van der Waals surface area contributed by atoms with Crippen molar-refractivity contribution in [2.75, 3.05) is 39.3 Å². The number of amides is 6. The van der Waals surface area contributed by atoms with E-state index >= 15 is 0 Å². The SMILES string of the molecule is CCCCCCCCCCCCC/C=C/[C@@H](OC(=O)NCCCN(CCCCN(CCCC)C(=O)OC(C)(C)C)C(=O)OC(C)(C)C)[C@H](COC(=O)ON1C(=O)CCC1=O)NC(=O)CCCCCCCCCCCCCCC. The Kier molecular flexibility index (Phi) is 40.5. The predicted octanol–water partition coefficient (Wildman–Crippen LogP) is 15.0. The van der Waals surface area contributed by atoms with Crippen LogP contribution in [0.25, 0.3) is 0 Å². The van der Waals surface area contributed by atoms with Gasteiger partial charge in [-0.2, -0.15) is 0 Å². The Morgan fingerprint density at radius 1 is 0.551 bits per heavy atom. The highest BCUT2D eigenvalue weighted by atomic mass is 16.8. The summed E-state index contributed by atoms with van der Waals surface area (Å²) >= 11 is 0. The number of carbonyl (C=O) groups is 7. The molecule has 0 aliphatic carbocycles. The van der Waals surface area contributed by atoms with Gasteiger partial charge in [0.05, 0.1) is 0 Å². The molecule has 17 heteroatoms. The zero-order valence-electron chi connectivity index (χ0n) is 50.6. The number of hydrogen-bond donors (Lipinski definition) is 2. The molecule has 0 aromatic heterocycles. The van der Waals surface area contributed by atoms with Crippen molar-refractivity contribution >= 4 is 42.2 Å². The van der Waals surface area contributed by atoms with Crippen molar-refractivity contribution in [3.8, 4) is 0 Å². The van der Waals surface area contributed by atoms with Gasteiger partial charge >= 0.3 is 24.4 Å². The van der Waals surface area contributed by atoms with Gasteiger partial charge in [-0.05, 0) is 92.6 Å². The minimum absolute atomic E-state index is 0.0899. The van der Waals surface area contributed by atoms with Crippen molar-refractivity contribution in [2.24, 2.45) is 0 Å². The Morgan fingerprint density at radius 3 is 1.41 bits per heavy atom. The van der Waals surface area contributed by atoms with E-state index in [0.717, 1.165) is 51.4 Å². The molecule has 1 rings (SSSR count). The number of rotatable bonds is 45. The average Bonchev–Trinajstić information content (AvgIpc) is 3.68. The lowest BCUT2D eigenvalue weighted by atomic mass is 10.0. The Balaban J connectivity index is 3.11. The molecular formula is C61H111N5O12. The third kappa shape index (κ3) is 38.9. The van der Waals surface area contributed by atoms with Gasteiger partial charge in [-0.25, -0.2) is 19.2 Å². The summed E-state index contributed by atoms with van der Waals surface area (Å²) in [4.78, 5) is 99.2. The van der Waals surface area contributed by atoms with Gasteiger partial charge in [-0.3, -0.25) is 19.2 Å². The van der Waals surface area contributed by atoms with Gasteiger partial charge in [-0.15, -0.1) is 0 Å². The van der Waals surface area contributed by atoms with Gasteiger partial charge < -0.3 is 39.4 Å². The quantitative estimate of drug-likeness (QED) is 0.0193. The Morgan fingerprint density at radius 2 is 0.962 bits per heavy atom. The lowest BCUT2D eigenvalue weighted by molar-refractivity contribution is -0.177. The van der Waals surface area contributed by atoms with Crippen molar-refractivity contribution in [1.82, 2.24) is 25.5 Å². The van der Waals surface area contributed by atoms with E-state index in [1.165, 1.54) is 109 Å². The van der Waals surface area contributed by atoms with E-state index in [1.54, 1.807) is 36.6 Å². The number of imide groups is 1. The molecule has 0 saturated carbocycles. The number of carbonyl (C=O) groups excluding carboxylic acids is 7. The maximum absolute atomic E-state index is 13.6. The van der Waals surface area contributed by atoms with Gasteiger partial charge in [0.25, 0.3) is 11.8 Å². The van der Waals surface area contributed by atoms with Gasteiger partial charge in [0, 0.05) is 52.0 Å². The number of unbranched alkanes of at least 4 members (excludes halogenated alkanes) is 25. The highest BCUT2D eigenvalue weighted by molar-refractivity contribution is 6.01. The van der Waals surface area contributed by atoms with E-state index in [1.807, 2.05) is 26.8 Å². The second kappa shape index (κ2) is 44.2. The molecule has 1 aliphatic heterocycles. The molecule has 17 nitrogen and oxygen atoms in total. The zero-order valence-corrected chi connectivity index (χ0v) is 50.6. The molecule has 1 heterocycles. The van der Waals surface area contributed by atoms with E-state index in [-0.39, 0.29) is 44.4 Å². The maximum atomic E-state index is 13.6. The lowest BCUT2D eigenvalue weighted by Gasteiger charge is -2.29. The van der Waals surface area contributed by atoms with Gasteiger partial charge in [0.2, 0.25) is 5.91 Å². The molecule has 2 atom stereocenters. The number of hydroxylamine groups is 2. The van der Waals surface area contributed by atoms with Crippen molar-refractivity contribution in [2.45, 2.75) is 298 Å². The van der Waals surface area contributed by atoms with Crippen LogP contribution in [0.5, 0.6) is 0 Å². The molecule has 1 saturated heterocycles. The molecule has 1 aliphatic rings. The first-order valence-electron chi connectivity index (χ1n) is 30.9. The minimum atomic E-state index is -1.31. The predicted molar refractivity (Wildman–Crippen MR) is 309 cm³/mol. The average molecular weight is 1110 g/mol. The lowest BCUT2D eigenvalue weighted by Crippen LogP contribution is -2.49. The highest BCUT2D eigenvalue weighted by Gasteiger charge is 2.34. The molecule has 0 unspecified atom stereocenters. The monoisotopic (exact) mass is 1110 g/mol. The van der Waals surface area contributed by atoms with Gasteiger partial charge in [-0.1, -0.05) is 180 Å². The van der Waals surface area contributed by atoms with Crippen molar-refractivity contribution in [3.05, 3.63) is 12.2 Å². The number of alkyl carbamates (subject to hydrolysis) is 1. The number of ether oxygens (including phenoxy) is 4. The van der Waals surface area contributed by atoms with Crippen molar-refractivity contribution < 1.29 is 57.3 Å². The molecule has 0 bridgehead atoms. The van der Waals surface area contributed by atoms with Crippen LogP contribution in [-0.4, -0.2) is 120 Å². The van der Waals surface area contributed by atoms with Crippen LogP contribution in [0.15, 0.2) is 12.2 Å². The number of nitrogens with one attached hydrogen (secondary N) is 2. The fourth-order valence-corrected chi connectivity index (χ4v) is 8.95. The molecule has 0 radical (unpaired) electrons. The molecule has 0 aromatic rings. The van der Waals surface area contributed by atoms with Crippen LogP contribution < -0.4 is 10.6 Å². The summed E-state index contributed by atoms with van der Waals surface area (Å²) in [6.45, 7) is 18.8. The Labute approximate surface area is 472 Å². The minimum Gasteiger partial charge on any atom is -0.444 e. The van der Waals surface area contributed by atoms with Crippen molar-refractivity contribution in [3.63, 3.8) is 0 Å². The maximum Gasteiger partial charge on any atom is 0.534 e. The normalized spacial score (nSPS) is 13.6. The van der Waals surface area contributed by atoms with E-state index in [9.17, 15) is 33.6 Å². The van der Waals surface area contributed by atoms with Crippen LogP contribution >= 0.6 is 0 Å².